The maximum absolute atomic E-state index is 12.0. The molecule has 0 N–H and O–H groups in total. The van der Waals surface area contributed by atoms with E-state index in [4.69, 9.17) is 0 Å². The molecule has 78 valence electrons. The van der Waals surface area contributed by atoms with Crippen molar-refractivity contribution in [2.45, 2.75) is 38.1 Å². The average Bonchev–Trinajstić information content (AvgIpc) is 2.39. The molecule has 1 nitrogen and oxygen atoms in total. The molecule has 1 saturated heterocycles. The summed E-state index contributed by atoms with van der Waals surface area (Å²) in [6, 6.07) is 0.647. The minimum Gasteiger partial charge on any atom is -0.299 e. The number of alkyl halides is 2. The van der Waals surface area contributed by atoms with Gasteiger partial charge in [0.25, 0.3) is 0 Å². The van der Waals surface area contributed by atoms with Gasteiger partial charge in [-0.25, -0.2) is 0 Å². The van der Waals surface area contributed by atoms with Crippen LogP contribution in [0.1, 0.15) is 32.1 Å². The van der Waals surface area contributed by atoms with Crippen molar-refractivity contribution in [3.8, 4) is 0 Å². The molecule has 1 aliphatic rings. The van der Waals surface area contributed by atoms with Gasteiger partial charge >= 0.3 is 0 Å². The third kappa shape index (κ3) is 3.94. The Morgan fingerprint density at radius 1 is 1.31 bits per heavy atom. The van der Waals surface area contributed by atoms with E-state index in [-0.39, 0.29) is 6.67 Å². The lowest BCUT2D eigenvalue weighted by molar-refractivity contribution is 0.208. The van der Waals surface area contributed by atoms with Crippen molar-refractivity contribution in [1.82, 2.24) is 4.90 Å². The second kappa shape index (κ2) is 6.77. The third-order valence-electron chi connectivity index (χ3n) is 2.76. The number of hydrogen-bond acceptors (Lipinski definition) is 1. The maximum Gasteiger partial charge on any atom is 0.0906 e. The van der Waals surface area contributed by atoms with Gasteiger partial charge in [0, 0.05) is 17.9 Å². The summed E-state index contributed by atoms with van der Waals surface area (Å²) in [5, 5.41) is 1.04. The van der Waals surface area contributed by atoms with E-state index in [2.05, 4.69) is 20.8 Å². The van der Waals surface area contributed by atoms with Crippen LogP contribution in [0.5, 0.6) is 0 Å². The topological polar surface area (TPSA) is 3.24 Å². The van der Waals surface area contributed by atoms with Crippen molar-refractivity contribution >= 4 is 15.9 Å². The molecule has 1 heterocycles. The number of nitrogens with zero attached hydrogens (tertiary/aromatic N) is 1. The van der Waals surface area contributed by atoms with E-state index < -0.39 is 0 Å². The van der Waals surface area contributed by atoms with Gasteiger partial charge in [0.2, 0.25) is 0 Å². The van der Waals surface area contributed by atoms with Gasteiger partial charge in [-0.15, -0.1) is 0 Å². The highest BCUT2D eigenvalue weighted by Crippen LogP contribution is 2.18. The number of rotatable bonds is 4. The number of likely N-dealkylation sites (tertiary alicyclic amines) is 1. The zero-order chi connectivity index (χ0) is 9.52. The summed E-state index contributed by atoms with van der Waals surface area (Å²) in [6.45, 7) is 1.93. The summed E-state index contributed by atoms with van der Waals surface area (Å²) >= 11 is 3.54. The largest absolute Gasteiger partial charge is 0.299 e. The molecular weight excluding hydrogens is 233 g/mol. The van der Waals surface area contributed by atoms with Gasteiger partial charge in [-0.05, 0) is 25.8 Å². The van der Waals surface area contributed by atoms with Gasteiger partial charge in [-0.1, -0.05) is 28.8 Å². The van der Waals surface area contributed by atoms with Gasteiger partial charge < -0.3 is 0 Å². The minimum absolute atomic E-state index is 0.175. The van der Waals surface area contributed by atoms with Crippen LogP contribution in [0.4, 0.5) is 4.39 Å². The minimum atomic E-state index is -0.175. The van der Waals surface area contributed by atoms with Crippen molar-refractivity contribution in [3.05, 3.63) is 0 Å². The zero-order valence-corrected chi connectivity index (χ0v) is 9.73. The fourth-order valence-electron chi connectivity index (χ4n) is 1.97. The SMILES string of the molecule is FCCCN1CCCCCC1CBr. The highest BCUT2D eigenvalue weighted by atomic mass is 79.9. The smallest absolute Gasteiger partial charge is 0.0906 e. The van der Waals surface area contributed by atoms with Crippen molar-refractivity contribution in [2.75, 3.05) is 25.1 Å². The molecule has 1 aliphatic heterocycles. The molecule has 0 radical (unpaired) electrons. The lowest BCUT2D eigenvalue weighted by atomic mass is 10.1. The molecule has 1 fully saturated rings. The summed E-state index contributed by atoms with van der Waals surface area (Å²) in [5.41, 5.74) is 0. The van der Waals surface area contributed by atoms with Crippen LogP contribution in [0.25, 0.3) is 0 Å². The summed E-state index contributed by atoms with van der Waals surface area (Å²) in [5.74, 6) is 0. The van der Waals surface area contributed by atoms with E-state index in [1.54, 1.807) is 0 Å². The monoisotopic (exact) mass is 251 g/mol. The molecule has 0 aromatic carbocycles. The standard InChI is InChI=1S/C10H19BrFN/c11-9-10-5-2-1-3-7-13(10)8-4-6-12/h10H,1-9H2. The Hall–Kier alpha value is 0.370. The average molecular weight is 252 g/mol. The van der Waals surface area contributed by atoms with Crippen LogP contribution >= 0.6 is 15.9 Å². The van der Waals surface area contributed by atoms with Gasteiger partial charge in [0.15, 0.2) is 0 Å². The first kappa shape index (κ1) is 11.4. The van der Waals surface area contributed by atoms with Gasteiger partial charge in [-0.3, -0.25) is 9.29 Å². The summed E-state index contributed by atoms with van der Waals surface area (Å²) in [7, 11) is 0. The van der Waals surface area contributed by atoms with Crippen LogP contribution in [-0.2, 0) is 0 Å². The fraction of sp³-hybridized carbons (Fsp3) is 1.00. The van der Waals surface area contributed by atoms with Gasteiger partial charge in [0.1, 0.15) is 0 Å². The molecule has 13 heavy (non-hydrogen) atoms. The first-order valence-electron chi connectivity index (χ1n) is 5.24. The Morgan fingerprint density at radius 3 is 2.85 bits per heavy atom. The molecule has 0 aliphatic carbocycles. The van der Waals surface area contributed by atoms with Gasteiger partial charge in [0.05, 0.1) is 6.67 Å². The molecule has 1 atom stereocenters. The molecular formula is C10H19BrFN. The Bertz CT molecular complexity index is 132. The predicted molar refractivity (Wildman–Crippen MR) is 58.2 cm³/mol. The van der Waals surface area contributed by atoms with E-state index in [1.807, 2.05) is 0 Å². The zero-order valence-electron chi connectivity index (χ0n) is 8.14. The van der Waals surface area contributed by atoms with Crippen molar-refractivity contribution in [1.29, 1.82) is 0 Å². The van der Waals surface area contributed by atoms with Gasteiger partial charge in [-0.2, -0.15) is 0 Å². The van der Waals surface area contributed by atoms with Crippen LogP contribution in [0.2, 0.25) is 0 Å². The molecule has 0 aromatic rings. The van der Waals surface area contributed by atoms with Crippen LogP contribution in [0.15, 0.2) is 0 Å². The van der Waals surface area contributed by atoms with Crippen LogP contribution in [-0.4, -0.2) is 36.0 Å². The van der Waals surface area contributed by atoms with E-state index in [0.29, 0.717) is 12.5 Å². The molecule has 0 saturated carbocycles. The fourth-order valence-corrected chi connectivity index (χ4v) is 2.70. The lowest BCUT2D eigenvalue weighted by Gasteiger charge is -2.27. The lowest BCUT2D eigenvalue weighted by Crippen LogP contribution is -2.36. The van der Waals surface area contributed by atoms with E-state index >= 15 is 0 Å². The summed E-state index contributed by atoms with van der Waals surface area (Å²) < 4.78 is 12.0. The first-order valence-corrected chi connectivity index (χ1v) is 6.36. The third-order valence-corrected chi connectivity index (χ3v) is 3.50. The first-order chi connectivity index (χ1) is 6.38. The van der Waals surface area contributed by atoms with Crippen LogP contribution < -0.4 is 0 Å². The van der Waals surface area contributed by atoms with E-state index in [9.17, 15) is 4.39 Å². The Labute approximate surface area is 88.8 Å². The second-order valence-electron chi connectivity index (χ2n) is 3.74. The highest BCUT2D eigenvalue weighted by molar-refractivity contribution is 9.09. The van der Waals surface area contributed by atoms with E-state index in [0.717, 1.165) is 18.4 Å². The summed E-state index contributed by atoms with van der Waals surface area (Å²) in [4.78, 5) is 2.45. The van der Waals surface area contributed by atoms with Crippen molar-refractivity contribution in [3.63, 3.8) is 0 Å². The Morgan fingerprint density at radius 2 is 2.15 bits per heavy atom. The maximum atomic E-state index is 12.0. The quantitative estimate of drug-likeness (QED) is 0.695. The molecule has 0 spiro atoms. The molecule has 1 unspecified atom stereocenters. The van der Waals surface area contributed by atoms with Crippen molar-refractivity contribution < 1.29 is 4.39 Å². The Kier molecular flexibility index (Phi) is 5.96. The Balaban J connectivity index is 2.34. The molecule has 0 amide bonds. The van der Waals surface area contributed by atoms with E-state index in [1.165, 1.54) is 25.7 Å². The molecule has 0 aromatic heterocycles. The molecule has 0 bridgehead atoms. The highest BCUT2D eigenvalue weighted by Gasteiger charge is 2.18. The van der Waals surface area contributed by atoms with Crippen molar-refractivity contribution in [2.24, 2.45) is 0 Å². The number of hydrogen-bond donors (Lipinski definition) is 0. The molecule has 3 heteroatoms. The van der Waals surface area contributed by atoms with Crippen LogP contribution in [0, 0.1) is 0 Å². The number of halogens is 2. The molecule has 1 rings (SSSR count). The van der Waals surface area contributed by atoms with Crippen LogP contribution in [0.3, 0.4) is 0 Å². The summed E-state index contributed by atoms with van der Waals surface area (Å²) in [6.07, 6.45) is 5.94. The normalized spacial score (nSPS) is 25.8. The second-order valence-corrected chi connectivity index (χ2v) is 4.38. The predicted octanol–water partition coefficient (Wildman–Crippen LogP) is 2.99.